The first-order valence-electron chi connectivity index (χ1n) is 9.11. The minimum absolute atomic E-state index is 0.462. The molecular weight excluding hydrogens is 362 g/mol. The average Bonchev–Trinajstić information content (AvgIpc) is 3.26. The van der Waals surface area contributed by atoms with Crippen LogP contribution in [-0.4, -0.2) is 51.7 Å². The lowest BCUT2D eigenvalue weighted by molar-refractivity contribution is 0.0847. The van der Waals surface area contributed by atoms with Gasteiger partial charge in [-0.25, -0.2) is 4.98 Å². The molecule has 1 aromatic carbocycles. The van der Waals surface area contributed by atoms with E-state index in [0.717, 1.165) is 66.5 Å². The zero-order chi connectivity index (χ0) is 18.4. The number of aromatic nitrogens is 4. The molecule has 1 fully saturated rings. The van der Waals surface area contributed by atoms with Gasteiger partial charge in [0, 0.05) is 32.0 Å². The van der Waals surface area contributed by atoms with Gasteiger partial charge >= 0.3 is 0 Å². The zero-order valence-electron chi connectivity index (χ0n) is 15.3. The molecule has 0 atom stereocenters. The van der Waals surface area contributed by atoms with E-state index in [9.17, 15) is 0 Å². The molecule has 27 heavy (non-hydrogen) atoms. The van der Waals surface area contributed by atoms with Crippen LogP contribution in [0.25, 0.3) is 11.0 Å². The Morgan fingerprint density at radius 1 is 1.19 bits per heavy atom. The highest BCUT2D eigenvalue weighted by molar-refractivity contribution is 7.00. The van der Waals surface area contributed by atoms with Crippen molar-refractivity contribution in [3.63, 3.8) is 0 Å². The Kier molecular flexibility index (Phi) is 4.05. The second-order valence-electron chi connectivity index (χ2n) is 7.10. The molecule has 2 aliphatic heterocycles. The van der Waals surface area contributed by atoms with Gasteiger partial charge in [-0.15, -0.1) is 0 Å². The predicted molar refractivity (Wildman–Crippen MR) is 107 cm³/mol. The number of aryl methyl sites for hydroxylation is 1. The fourth-order valence-electron chi connectivity index (χ4n) is 3.76. The topological polar surface area (TPSA) is 79.3 Å². The molecule has 0 saturated carbocycles. The van der Waals surface area contributed by atoms with Gasteiger partial charge in [0.2, 0.25) is 5.95 Å². The van der Waals surface area contributed by atoms with Crippen molar-refractivity contribution in [2.45, 2.75) is 25.8 Å². The number of nitrogens with one attached hydrogen (secondary N) is 1. The molecule has 140 valence electrons. The van der Waals surface area contributed by atoms with Crippen LogP contribution in [0.5, 0.6) is 0 Å². The maximum Gasteiger partial charge on any atom is 0.229 e. The lowest BCUT2D eigenvalue weighted by Gasteiger charge is -2.32. The van der Waals surface area contributed by atoms with Crippen LogP contribution in [0.3, 0.4) is 0 Å². The van der Waals surface area contributed by atoms with Crippen LogP contribution in [-0.2, 0) is 4.74 Å². The summed E-state index contributed by atoms with van der Waals surface area (Å²) in [6, 6.07) is 4.51. The first kappa shape index (κ1) is 16.6. The van der Waals surface area contributed by atoms with Crippen molar-refractivity contribution in [3.8, 4) is 0 Å². The van der Waals surface area contributed by atoms with Gasteiger partial charge in [-0.2, -0.15) is 13.7 Å². The Hall–Kier alpha value is -2.52. The van der Waals surface area contributed by atoms with Crippen molar-refractivity contribution < 1.29 is 4.74 Å². The van der Waals surface area contributed by atoms with Gasteiger partial charge in [0.1, 0.15) is 11.0 Å². The van der Waals surface area contributed by atoms with E-state index in [4.69, 9.17) is 9.72 Å². The normalized spacial score (nSPS) is 17.6. The van der Waals surface area contributed by atoms with Crippen LogP contribution in [0.15, 0.2) is 18.3 Å². The van der Waals surface area contributed by atoms with E-state index in [2.05, 4.69) is 42.8 Å². The van der Waals surface area contributed by atoms with Crippen molar-refractivity contribution in [1.82, 2.24) is 18.7 Å². The molecule has 0 aliphatic carbocycles. The Balaban J connectivity index is 1.46. The molecular formula is C18H21N7OS. The molecule has 8 nitrogen and oxygen atoms in total. The summed E-state index contributed by atoms with van der Waals surface area (Å²) in [4.78, 5) is 14.0. The number of hydrogen-bond acceptors (Lipinski definition) is 9. The third-order valence-electron chi connectivity index (χ3n) is 5.28. The van der Waals surface area contributed by atoms with Crippen LogP contribution < -0.4 is 15.1 Å². The number of nitrogens with zero attached hydrogens (tertiary/aromatic N) is 6. The van der Waals surface area contributed by atoms with E-state index < -0.39 is 0 Å². The summed E-state index contributed by atoms with van der Waals surface area (Å²) in [7, 11) is 2.09. The summed E-state index contributed by atoms with van der Waals surface area (Å²) in [5.74, 6) is 1.60. The van der Waals surface area contributed by atoms with Crippen molar-refractivity contribution in [2.75, 3.05) is 42.0 Å². The molecule has 3 aromatic rings. The number of benzene rings is 1. The molecule has 0 radical (unpaired) electrons. The Labute approximate surface area is 161 Å². The van der Waals surface area contributed by atoms with Gasteiger partial charge < -0.3 is 19.9 Å². The molecule has 0 bridgehead atoms. The van der Waals surface area contributed by atoms with Crippen LogP contribution >= 0.6 is 11.7 Å². The van der Waals surface area contributed by atoms with E-state index >= 15 is 0 Å². The Morgan fingerprint density at radius 2 is 1.96 bits per heavy atom. The Bertz CT molecular complexity index is 985. The van der Waals surface area contributed by atoms with Crippen LogP contribution in [0.1, 0.15) is 18.4 Å². The van der Waals surface area contributed by atoms with E-state index in [1.807, 2.05) is 18.3 Å². The van der Waals surface area contributed by atoms with Gasteiger partial charge in [-0.05, 0) is 37.5 Å². The first-order chi connectivity index (χ1) is 13.2. The van der Waals surface area contributed by atoms with Crippen LogP contribution in [0.4, 0.5) is 23.1 Å². The van der Waals surface area contributed by atoms with Gasteiger partial charge in [-0.3, -0.25) is 0 Å². The van der Waals surface area contributed by atoms with Crippen molar-refractivity contribution >= 4 is 45.9 Å². The quantitative estimate of drug-likeness (QED) is 0.740. The largest absolute Gasteiger partial charge is 0.381 e. The molecule has 0 spiro atoms. The second kappa shape index (κ2) is 6.58. The number of fused-ring (bicyclic) bond motifs is 2. The lowest BCUT2D eigenvalue weighted by atomic mass is 10.1. The SMILES string of the molecule is Cc1cc2nsnc2cc1Nc1ncc2c(n1)N(C1CCOCC1)CN2C. The number of anilines is 4. The molecule has 0 amide bonds. The van der Waals surface area contributed by atoms with Crippen molar-refractivity contribution in [1.29, 1.82) is 0 Å². The molecule has 2 aromatic heterocycles. The van der Waals surface area contributed by atoms with E-state index in [-0.39, 0.29) is 0 Å². The zero-order valence-corrected chi connectivity index (χ0v) is 16.2. The number of rotatable bonds is 3. The standard InChI is InChI=1S/C18H21N7OS/c1-11-7-14-15(23-27-22-14)8-13(11)20-18-19-9-16-17(21-18)25(10-24(16)2)12-3-5-26-6-4-12/h7-9,12H,3-6,10H2,1-2H3,(H,19,20,21). The van der Waals surface area contributed by atoms with Crippen LogP contribution in [0, 0.1) is 6.92 Å². The van der Waals surface area contributed by atoms with Gasteiger partial charge in [0.25, 0.3) is 0 Å². The van der Waals surface area contributed by atoms with Gasteiger partial charge in [0.05, 0.1) is 30.3 Å². The highest BCUT2D eigenvalue weighted by atomic mass is 32.1. The highest BCUT2D eigenvalue weighted by Crippen LogP contribution is 2.37. The minimum Gasteiger partial charge on any atom is -0.381 e. The summed E-state index contributed by atoms with van der Waals surface area (Å²) in [6.45, 7) is 4.53. The minimum atomic E-state index is 0.462. The Morgan fingerprint density at radius 3 is 2.78 bits per heavy atom. The monoisotopic (exact) mass is 383 g/mol. The molecule has 2 aliphatic rings. The van der Waals surface area contributed by atoms with Crippen molar-refractivity contribution in [2.24, 2.45) is 0 Å². The molecule has 1 saturated heterocycles. The van der Waals surface area contributed by atoms with Crippen molar-refractivity contribution in [3.05, 3.63) is 23.9 Å². The number of hydrogen-bond donors (Lipinski definition) is 1. The smallest absolute Gasteiger partial charge is 0.229 e. The molecule has 5 rings (SSSR count). The molecule has 4 heterocycles. The molecule has 0 unspecified atom stereocenters. The summed E-state index contributed by atoms with van der Waals surface area (Å²) in [6.07, 6.45) is 3.97. The van der Waals surface area contributed by atoms with E-state index in [0.29, 0.717) is 12.0 Å². The fraction of sp³-hybridized carbons (Fsp3) is 0.444. The summed E-state index contributed by atoms with van der Waals surface area (Å²) < 4.78 is 14.1. The summed E-state index contributed by atoms with van der Waals surface area (Å²) in [5.41, 5.74) is 4.93. The molecule has 9 heteroatoms. The number of ether oxygens (including phenoxy) is 1. The van der Waals surface area contributed by atoms with E-state index in [1.54, 1.807) is 0 Å². The summed E-state index contributed by atoms with van der Waals surface area (Å²) in [5, 5.41) is 3.37. The fourth-order valence-corrected chi connectivity index (χ4v) is 4.26. The van der Waals surface area contributed by atoms with Gasteiger partial charge in [0.15, 0.2) is 5.82 Å². The predicted octanol–water partition coefficient (Wildman–Crippen LogP) is 2.93. The van der Waals surface area contributed by atoms with Gasteiger partial charge in [-0.1, -0.05) is 0 Å². The third-order valence-corrected chi connectivity index (χ3v) is 5.83. The lowest BCUT2D eigenvalue weighted by Crippen LogP contribution is -2.41. The van der Waals surface area contributed by atoms with Crippen LogP contribution in [0.2, 0.25) is 0 Å². The summed E-state index contributed by atoms with van der Waals surface area (Å²) >= 11 is 1.23. The van der Waals surface area contributed by atoms with E-state index in [1.165, 1.54) is 11.7 Å². The maximum absolute atomic E-state index is 5.52. The third kappa shape index (κ3) is 2.96. The highest BCUT2D eigenvalue weighted by Gasteiger charge is 2.32. The average molecular weight is 383 g/mol. The molecule has 1 N–H and O–H groups in total. The maximum atomic E-state index is 5.52. The first-order valence-corrected chi connectivity index (χ1v) is 9.84. The second-order valence-corrected chi connectivity index (χ2v) is 7.63.